The summed E-state index contributed by atoms with van der Waals surface area (Å²) in [7, 11) is 0. The maximum Gasteiger partial charge on any atom is 0.319 e. The third-order valence-corrected chi connectivity index (χ3v) is 6.27. The van der Waals surface area contributed by atoms with Crippen LogP contribution >= 0.6 is 23.5 Å². The highest BCUT2D eigenvalue weighted by Gasteiger charge is 2.51. The lowest BCUT2D eigenvalue weighted by Gasteiger charge is -2.36. The number of carboxylic acids is 1. The van der Waals surface area contributed by atoms with Crippen molar-refractivity contribution < 1.29 is 14.7 Å². The van der Waals surface area contributed by atoms with Gasteiger partial charge in [0.2, 0.25) is 5.91 Å². The summed E-state index contributed by atoms with van der Waals surface area (Å²) < 4.78 is 0. The maximum absolute atomic E-state index is 11.9. The Bertz CT molecular complexity index is 312. The molecule has 96 valence electrons. The SMILES string of the molecule is O=C(O)C1(C(=O)NCC2CSCCS2)CCC1. The fourth-order valence-corrected chi connectivity index (χ4v) is 4.71. The molecule has 17 heavy (non-hydrogen) atoms. The molecule has 1 aliphatic carbocycles. The number of rotatable bonds is 4. The van der Waals surface area contributed by atoms with Crippen molar-refractivity contribution >= 4 is 35.4 Å². The van der Waals surface area contributed by atoms with E-state index in [-0.39, 0.29) is 5.91 Å². The molecular formula is C11H17NO3S2. The molecule has 0 aromatic carbocycles. The van der Waals surface area contributed by atoms with E-state index in [1.54, 1.807) is 0 Å². The standard InChI is InChI=1S/C11H17NO3S2/c13-9(11(10(14)15)2-1-3-11)12-6-8-7-16-4-5-17-8/h8H,1-7H2,(H,12,13)(H,14,15). The molecule has 2 N–H and O–H groups in total. The van der Waals surface area contributed by atoms with Crippen molar-refractivity contribution in [2.45, 2.75) is 24.5 Å². The zero-order valence-electron chi connectivity index (χ0n) is 9.61. The van der Waals surface area contributed by atoms with Crippen molar-refractivity contribution in [3.05, 3.63) is 0 Å². The Morgan fingerprint density at radius 3 is 2.59 bits per heavy atom. The minimum absolute atomic E-state index is 0.285. The molecule has 1 amide bonds. The number of hydrogen-bond donors (Lipinski definition) is 2. The molecule has 1 unspecified atom stereocenters. The highest BCUT2D eigenvalue weighted by molar-refractivity contribution is 8.06. The zero-order chi connectivity index (χ0) is 12.3. The molecule has 0 aromatic rings. The Labute approximate surface area is 109 Å². The van der Waals surface area contributed by atoms with Gasteiger partial charge in [-0.25, -0.2) is 0 Å². The molecular weight excluding hydrogens is 258 g/mol. The zero-order valence-corrected chi connectivity index (χ0v) is 11.2. The molecule has 0 spiro atoms. The second-order valence-corrected chi connectivity index (χ2v) is 7.08. The van der Waals surface area contributed by atoms with E-state index in [4.69, 9.17) is 5.11 Å². The van der Waals surface area contributed by atoms with Gasteiger partial charge in [-0.3, -0.25) is 9.59 Å². The van der Waals surface area contributed by atoms with Gasteiger partial charge in [-0.05, 0) is 12.8 Å². The number of hydrogen-bond acceptors (Lipinski definition) is 4. The smallest absolute Gasteiger partial charge is 0.319 e. The van der Waals surface area contributed by atoms with E-state index in [0.717, 1.165) is 17.9 Å². The van der Waals surface area contributed by atoms with Crippen LogP contribution in [0.3, 0.4) is 0 Å². The van der Waals surface area contributed by atoms with Crippen molar-refractivity contribution in [1.29, 1.82) is 0 Å². The summed E-state index contributed by atoms with van der Waals surface area (Å²) >= 11 is 3.77. The summed E-state index contributed by atoms with van der Waals surface area (Å²) in [5.74, 6) is 2.09. The summed E-state index contributed by atoms with van der Waals surface area (Å²) in [5.41, 5.74) is -1.12. The van der Waals surface area contributed by atoms with Crippen LogP contribution in [0.4, 0.5) is 0 Å². The Morgan fingerprint density at radius 1 is 1.35 bits per heavy atom. The minimum Gasteiger partial charge on any atom is -0.480 e. The monoisotopic (exact) mass is 275 g/mol. The molecule has 2 rings (SSSR count). The molecule has 0 bridgehead atoms. The lowest BCUT2D eigenvalue weighted by atomic mass is 9.68. The molecule has 2 fully saturated rings. The fourth-order valence-electron chi connectivity index (χ4n) is 2.10. The number of carboxylic acid groups (broad SMARTS) is 1. The van der Waals surface area contributed by atoms with Crippen LogP contribution in [0.1, 0.15) is 19.3 Å². The first-order valence-electron chi connectivity index (χ1n) is 5.86. The molecule has 2 aliphatic rings. The van der Waals surface area contributed by atoms with E-state index in [1.165, 1.54) is 5.75 Å². The molecule has 4 nitrogen and oxygen atoms in total. The molecule has 1 saturated carbocycles. The third kappa shape index (κ3) is 2.73. The number of amides is 1. The normalized spacial score (nSPS) is 26.9. The lowest BCUT2D eigenvalue weighted by Crippen LogP contribution is -2.52. The number of carbonyl (C=O) groups excluding carboxylic acids is 1. The van der Waals surface area contributed by atoms with Crippen LogP contribution in [0.2, 0.25) is 0 Å². The number of carbonyl (C=O) groups is 2. The molecule has 1 heterocycles. The van der Waals surface area contributed by atoms with Gasteiger partial charge in [0.15, 0.2) is 0 Å². The first kappa shape index (κ1) is 13.1. The van der Waals surface area contributed by atoms with E-state index in [2.05, 4.69) is 5.32 Å². The second kappa shape index (κ2) is 5.52. The van der Waals surface area contributed by atoms with Crippen molar-refractivity contribution in [3.63, 3.8) is 0 Å². The minimum atomic E-state index is -1.12. The largest absolute Gasteiger partial charge is 0.480 e. The van der Waals surface area contributed by atoms with Crippen LogP contribution in [0.25, 0.3) is 0 Å². The van der Waals surface area contributed by atoms with Crippen molar-refractivity contribution in [2.75, 3.05) is 23.8 Å². The van der Waals surface area contributed by atoms with Gasteiger partial charge in [0.25, 0.3) is 0 Å². The first-order chi connectivity index (χ1) is 8.15. The van der Waals surface area contributed by atoms with Gasteiger partial charge in [-0.2, -0.15) is 23.5 Å². The average Bonchev–Trinajstić information content (AvgIpc) is 2.25. The highest BCUT2D eigenvalue weighted by atomic mass is 32.2. The van der Waals surface area contributed by atoms with E-state index in [0.29, 0.717) is 24.6 Å². The topological polar surface area (TPSA) is 66.4 Å². The number of aliphatic carboxylic acids is 1. The number of thioether (sulfide) groups is 2. The predicted octanol–water partition coefficient (Wildman–Crippen LogP) is 1.21. The Balaban J connectivity index is 1.82. The quantitative estimate of drug-likeness (QED) is 0.755. The maximum atomic E-state index is 11.9. The summed E-state index contributed by atoms with van der Waals surface area (Å²) in [4.78, 5) is 23.0. The van der Waals surface area contributed by atoms with Crippen molar-refractivity contribution in [1.82, 2.24) is 5.32 Å². The Kier molecular flexibility index (Phi) is 4.25. The van der Waals surface area contributed by atoms with Crippen LogP contribution in [0.5, 0.6) is 0 Å². The van der Waals surface area contributed by atoms with Gasteiger partial charge in [0.1, 0.15) is 5.41 Å². The van der Waals surface area contributed by atoms with Crippen LogP contribution < -0.4 is 5.32 Å². The second-order valence-electron chi connectivity index (χ2n) is 4.52. The van der Waals surface area contributed by atoms with E-state index >= 15 is 0 Å². The van der Waals surface area contributed by atoms with Crippen molar-refractivity contribution in [2.24, 2.45) is 5.41 Å². The lowest BCUT2D eigenvalue weighted by molar-refractivity contribution is -0.162. The van der Waals surface area contributed by atoms with Gasteiger partial charge in [-0.1, -0.05) is 6.42 Å². The molecule has 1 atom stereocenters. The summed E-state index contributed by atoms with van der Waals surface area (Å²) in [5, 5.41) is 12.4. The van der Waals surface area contributed by atoms with E-state index in [9.17, 15) is 9.59 Å². The average molecular weight is 275 g/mol. The van der Waals surface area contributed by atoms with Crippen molar-refractivity contribution in [3.8, 4) is 0 Å². The Hall–Kier alpha value is -0.360. The Morgan fingerprint density at radius 2 is 2.12 bits per heavy atom. The molecule has 0 radical (unpaired) electrons. The van der Waals surface area contributed by atoms with E-state index in [1.807, 2.05) is 23.5 Å². The molecule has 6 heteroatoms. The highest BCUT2D eigenvalue weighted by Crippen LogP contribution is 2.41. The first-order valence-corrected chi connectivity index (χ1v) is 8.06. The van der Waals surface area contributed by atoms with Crippen LogP contribution in [0, 0.1) is 5.41 Å². The number of nitrogens with one attached hydrogen (secondary N) is 1. The van der Waals surface area contributed by atoms with Crippen LogP contribution in [0.15, 0.2) is 0 Å². The summed E-state index contributed by atoms with van der Waals surface area (Å²) in [6, 6.07) is 0. The summed E-state index contributed by atoms with van der Waals surface area (Å²) in [6.07, 6.45) is 1.81. The summed E-state index contributed by atoms with van der Waals surface area (Å²) in [6.45, 7) is 0.603. The van der Waals surface area contributed by atoms with Gasteiger partial charge >= 0.3 is 5.97 Å². The molecule has 1 saturated heterocycles. The van der Waals surface area contributed by atoms with Gasteiger partial charge in [-0.15, -0.1) is 0 Å². The molecule has 1 aliphatic heterocycles. The molecule has 0 aromatic heterocycles. The van der Waals surface area contributed by atoms with Crippen LogP contribution in [-0.4, -0.2) is 46.0 Å². The van der Waals surface area contributed by atoms with Gasteiger partial charge in [0.05, 0.1) is 0 Å². The van der Waals surface area contributed by atoms with Crippen LogP contribution in [-0.2, 0) is 9.59 Å². The van der Waals surface area contributed by atoms with Gasteiger partial charge in [0, 0.05) is 29.1 Å². The van der Waals surface area contributed by atoms with Gasteiger partial charge < -0.3 is 10.4 Å². The van der Waals surface area contributed by atoms with E-state index < -0.39 is 11.4 Å². The third-order valence-electron chi connectivity index (χ3n) is 3.43. The predicted molar refractivity (Wildman–Crippen MR) is 70.5 cm³/mol. The fraction of sp³-hybridized carbons (Fsp3) is 0.818.